The van der Waals surface area contributed by atoms with Crippen LogP contribution in [0.25, 0.3) is 0 Å². The Labute approximate surface area is 85.1 Å². The first-order valence-electron chi connectivity index (χ1n) is 3.10. The van der Waals surface area contributed by atoms with Crippen LogP contribution < -0.4 is 0 Å². The van der Waals surface area contributed by atoms with E-state index in [0.29, 0.717) is 5.56 Å². The van der Waals surface area contributed by atoms with Gasteiger partial charge in [0.1, 0.15) is 0 Å². The van der Waals surface area contributed by atoms with Crippen LogP contribution in [-0.2, 0) is 0 Å². The van der Waals surface area contributed by atoms with Crippen LogP contribution in [0.5, 0.6) is 0 Å². The van der Waals surface area contributed by atoms with Crippen molar-refractivity contribution in [1.29, 1.82) is 0 Å². The average molecular weight is 252 g/mol. The molecular weight excluding hydrogens is 243 g/mol. The lowest BCUT2D eigenvalue weighted by Gasteiger charge is -1.99. The second-order valence-electron chi connectivity index (χ2n) is 2.26. The zero-order valence-corrected chi connectivity index (χ0v) is 8.78. The Balaban J connectivity index is 0.00000121. The van der Waals surface area contributed by atoms with Crippen LogP contribution in [0.2, 0.25) is 0 Å². The Morgan fingerprint density at radius 1 is 1.50 bits per heavy atom. The van der Waals surface area contributed by atoms with E-state index in [1.54, 1.807) is 25.1 Å². The molecule has 0 unspecified atom stereocenters. The first kappa shape index (κ1) is 11.5. The van der Waals surface area contributed by atoms with E-state index in [-0.39, 0.29) is 12.4 Å². The van der Waals surface area contributed by atoms with E-state index in [2.05, 4.69) is 15.9 Å². The molecule has 1 aromatic carbocycles. The highest BCUT2D eigenvalue weighted by molar-refractivity contribution is 9.10. The SMILES string of the molecule is Cc1cc(Br)ccc1C(=O)O.Cl. The number of aryl methyl sites for hydroxylation is 1. The van der Waals surface area contributed by atoms with Gasteiger partial charge in [0.05, 0.1) is 5.56 Å². The molecular formula is C8H8BrClO2. The van der Waals surface area contributed by atoms with E-state index in [4.69, 9.17) is 5.11 Å². The predicted molar refractivity (Wildman–Crippen MR) is 53.1 cm³/mol. The molecule has 12 heavy (non-hydrogen) atoms. The number of hydrogen-bond acceptors (Lipinski definition) is 1. The first-order chi connectivity index (χ1) is 5.11. The fourth-order valence-electron chi connectivity index (χ4n) is 0.867. The molecule has 66 valence electrons. The van der Waals surface area contributed by atoms with Gasteiger partial charge >= 0.3 is 5.97 Å². The number of carboxylic acid groups (broad SMARTS) is 1. The van der Waals surface area contributed by atoms with Crippen molar-refractivity contribution >= 4 is 34.3 Å². The molecule has 1 aromatic rings. The van der Waals surface area contributed by atoms with Gasteiger partial charge in [0, 0.05) is 4.47 Å². The lowest BCUT2D eigenvalue weighted by atomic mass is 10.1. The van der Waals surface area contributed by atoms with Crippen LogP contribution in [-0.4, -0.2) is 11.1 Å². The molecule has 1 rings (SSSR count). The Hall–Kier alpha value is -0.540. The fourth-order valence-corrected chi connectivity index (χ4v) is 1.34. The third-order valence-corrected chi connectivity index (χ3v) is 1.91. The minimum atomic E-state index is -0.880. The Kier molecular flexibility index (Phi) is 4.28. The number of rotatable bonds is 1. The average Bonchev–Trinajstić information content (AvgIpc) is 1.85. The summed E-state index contributed by atoms with van der Waals surface area (Å²) in [7, 11) is 0. The molecule has 0 aromatic heterocycles. The van der Waals surface area contributed by atoms with E-state index < -0.39 is 5.97 Å². The van der Waals surface area contributed by atoms with Gasteiger partial charge < -0.3 is 5.11 Å². The van der Waals surface area contributed by atoms with E-state index in [0.717, 1.165) is 10.0 Å². The third kappa shape index (κ3) is 2.50. The molecule has 0 heterocycles. The van der Waals surface area contributed by atoms with Gasteiger partial charge in [-0.05, 0) is 30.7 Å². The Morgan fingerprint density at radius 3 is 2.50 bits per heavy atom. The summed E-state index contributed by atoms with van der Waals surface area (Å²) in [6.07, 6.45) is 0. The van der Waals surface area contributed by atoms with Crippen LogP contribution in [0.15, 0.2) is 22.7 Å². The van der Waals surface area contributed by atoms with Crippen LogP contribution in [0.4, 0.5) is 0 Å². The highest BCUT2D eigenvalue weighted by atomic mass is 79.9. The molecule has 0 saturated heterocycles. The number of carbonyl (C=O) groups is 1. The summed E-state index contributed by atoms with van der Waals surface area (Å²) in [4.78, 5) is 10.5. The van der Waals surface area contributed by atoms with Crippen molar-refractivity contribution in [2.24, 2.45) is 0 Å². The van der Waals surface area contributed by atoms with Gasteiger partial charge in [-0.2, -0.15) is 0 Å². The van der Waals surface area contributed by atoms with Gasteiger partial charge in [0.15, 0.2) is 0 Å². The quantitative estimate of drug-likeness (QED) is 0.833. The molecule has 0 bridgehead atoms. The van der Waals surface area contributed by atoms with Crippen LogP contribution in [0.1, 0.15) is 15.9 Å². The van der Waals surface area contributed by atoms with Crippen molar-refractivity contribution in [2.45, 2.75) is 6.92 Å². The molecule has 0 aliphatic rings. The third-order valence-electron chi connectivity index (χ3n) is 1.42. The summed E-state index contributed by atoms with van der Waals surface area (Å²) in [6, 6.07) is 5.08. The summed E-state index contributed by atoms with van der Waals surface area (Å²) in [5.41, 5.74) is 1.13. The molecule has 0 fully saturated rings. The number of halogens is 2. The highest BCUT2D eigenvalue weighted by Crippen LogP contribution is 2.15. The largest absolute Gasteiger partial charge is 0.478 e. The summed E-state index contributed by atoms with van der Waals surface area (Å²) in [6.45, 7) is 1.77. The van der Waals surface area contributed by atoms with Crippen molar-refractivity contribution in [3.63, 3.8) is 0 Å². The number of benzene rings is 1. The zero-order chi connectivity index (χ0) is 8.43. The Morgan fingerprint density at radius 2 is 2.08 bits per heavy atom. The second-order valence-corrected chi connectivity index (χ2v) is 3.18. The van der Waals surface area contributed by atoms with Crippen molar-refractivity contribution in [1.82, 2.24) is 0 Å². The lowest BCUT2D eigenvalue weighted by molar-refractivity contribution is 0.0696. The van der Waals surface area contributed by atoms with Crippen molar-refractivity contribution in [3.8, 4) is 0 Å². The van der Waals surface area contributed by atoms with E-state index in [1.165, 1.54) is 0 Å². The first-order valence-corrected chi connectivity index (χ1v) is 3.90. The van der Waals surface area contributed by atoms with Gasteiger partial charge in [-0.25, -0.2) is 4.79 Å². The molecule has 0 radical (unpaired) electrons. The molecule has 0 saturated carbocycles. The van der Waals surface area contributed by atoms with Crippen LogP contribution in [0.3, 0.4) is 0 Å². The molecule has 1 N–H and O–H groups in total. The summed E-state index contributed by atoms with van der Waals surface area (Å²) < 4.78 is 0.903. The van der Waals surface area contributed by atoms with E-state index >= 15 is 0 Å². The van der Waals surface area contributed by atoms with Crippen molar-refractivity contribution in [2.75, 3.05) is 0 Å². The minimum Gasteiger partial charge on any atom is -0.478 e. The standard InChI is InChI=1S/C8H7BrO2.ClH/c1-5-4-6(9)2-3-7(5)8(10)11;/h2-4H,1H3,(H,10,11);1H. The topological polar surface area (TPSA) is 37.3 Å². The van der Waals surface area contributed by atoms with Gasteiger partial charge in [0.25, 0.3) is 0 Å². The van der Waals surface area contributed by atoms with Crippen LogP contribution in [0, 0.1) is 6.92 Å². The zero-order valence-electron chi connectivity index (χ0n) is 6.37. The highest BCUT2D eigenvalue weighted by Gasteiger charge is 2.05. The van der Waals surface area contributed by atoms with Gasteiger partial charge in [-0.1, -0.05) is 15.9 Å². The van der Waals surface area contributed by atoms with Gasteiger partial charge in [-0.15, -0.1) is 12.4 Å². The van der Waals surface area contributed by atoms with Crippen LogP contribution >= 0.6 is 28.3 Å². The maximum atomic E-state index is 10.5. The second kappa shape index (κ2) is 4.48. The van der Waals surface area contributed by atoms with Crippen molar-refractivity contribution in [3.05, 3.63) is 33.8 Å². The molecule has 0 spiro atoms. The molecule has 0 amide bonds. The Bertz CT molecular complexity index is 299. The van der Waals surface area contributed by atoms with Crippen molar-refractivity contribution < 1.29 is 9.90 Å². The number of hydrogen-bond donors (Lipinski definition) is 1. The summed E-state index contributed by atoms with van der Waals surface area (Å²) >= 11 is 3.25. The van der Waals surface area contributed by atoms with E-state index in [1.807, 2.05) is 0 Å². The smallest absolute Gasteiger partial charge is 0.335 e. The maximum absolute atomic E-state index is 10.5. The minimum absolute atomic E-state index is 0. The monoisotopic (exact) mass is 250 g/mol. The predicted octanol–water partition coefficient (Wildman–Crippen LogP) is 2.88. The van der Waals surface area contributed by atoms with Gasteiger partial charge in [-0.3, -0.25) is 0 Å². The summed E-state index contributed by atoms with van der Waals surface area (Å²) in [5.74, 6) is -0.880. The molecule has 4 heteroatoms. The fraction of sp³-hybridized carbons (Fsp3) is 0.125. The molecule has 0 aliphatic heterocycles. The maximum Gasteiger partial charge on any atom is 0.335 e. The molecule has 2 nitrogen and oxygen atoms in total. The van der Waals surface area contributed by atoms with Gasteiger partial charge in [0.2, 0.25) is 0 Å². The number of aromatic carboxylic acids is 1. The normalized spacial score (nSPS) is 8.83. The van der Waals surface area contributed by atoms with E-state index in [9.17, 15) is 4.79 Å². The number of carboxylic acids is 1. The molecule has 0 aliphatic carbocycles. The lowest BCUT2D eigenvalue weighted by Crippen LogP contribution is -1.98. The summed E-state index contributed by atoms with van der Waals surface area (Å²) in [5, 5.41) is 8.64. The molecule has 0 atom stereocenters.